The molecule has 0 amide bonds. The SMILES string of the molecule is CC(C)c1ccc(-c2nc(Cl)c(CC#N)[nH]2)cc1. The highest BCUT2D eigenvalue weighted by Crippen LogP contribution is 2.23. The topological polar surface area (TPSA) is 52.5 Å². The van der Waals surface area contributed by atoms with Crippen LogP contribution in [0.25, 0.3) is 11.4 Å². The van der Waals surface area contributed by atoms with Gasteiger partial charge < -0.3 is 4.98 Å². The summed E-state index contributed by atoms with van der Waals surface area (Å²) >= 11 is 5.96. The highest BCUT2D eigenvalue weighted by atomic mass is 35.5. The molecule has 0 saturated carbocycles. The lowest BCUT2D eigenvalue weighted by atomic mass is 10.0. The molecule has 92 valence electrons. The summed E-state index contributed by atoms with van der Waals surface area (Å²) in [4.78, 5) is 7.31. The number of halogens is 1. The van der Waals surface area contributed by atoms with Crippen LogP contribution in [-0.2, 0) is 6.42 Å². The molecule has 3 nitrogen and oxygen atoms in total. The predicted molar refractivity (Wildman–Crippen MR) is 72.4 cm³/mol. The fraction of sp³-hybridized carbons (Fsp3) is 0.286. The van der Waals surface area contributed by atoms with Crippen LogP contribution in [0.5, 0.6) is 0 Å². The number of hydrogen-bond acceptors (Lipinski definition) is 2. The second-order valence-corrected chi connectivity index (χ2v) is 4.82. The lowest BCUT2D eigenvalue weighted by molar-refractivity contribution is 0.867. The zero-order chi connectivity index (χ0) is 13.1. The lowest BCUT2D eigenvalue weighted by Gasteiger charge is -2.05. The molecule has 1 aromatic heterocycles. The molecule has 4 heteroatoms. The van der Waals surface area contributed by atoms with Crippen LogP contribution in [0.4, 0.5) is 0 Å². The summed E-state index contributed by atoms with van der Waals surface area (Å²) in [5, 5.41) is 9.04. The van der Waals surface area contributed by atoms with Gasteiger partial charge in [0, 0.05) is 5.56 Å². The maximum absolute atomic E-state index is 8.66. The lowest BCUT2D eigenvalue weighted by Crippen LogP contribution is -1.88. The Labute approximate surface area is 111 Å². The third kappa shape index (κ3) is 2.55. The minimum Gasteiger partial charge on any atom is -0.340 e. The maximum Gasteiger partial charge on any atom is 0.151 e. The molecule has 0 aliphatic heterocycles. The molecule has 1 N–H and O–H groups in total. The molecule has 18 heavy (non-hydrogen) atoms. The zero-order valence-corrected chi connectivity index (χ0v) is 11.1. The third-order valence-corrected chi connectivity index (χ3v) is 3.15. The van der Waals surface area contributed by atoms with E-state index in [0.717, 1.165) is 5.56 Å². The predicted octanol–water partition coefficient (Wildman–Crippen LogP) is 3.92. The maximum atomic E-state index is 8.66. The molecule has 0 bridgehead atoms. The van der Waals surface area contributed by atoms with Gasteiger partial charge in [-0.3, -0.25) is 0 Å². The molecule has 0 aliphatic carbocycles. The minimum atomic E-state index is 0.246. The molecule has 0 radical (unpaired) electrons. The normalized spacial score (nSPS) is 10.6. The number of benzene rings is 1. The van der Waals surface area contributed by atoms with Crippen LogP contribution in [0.1, 0.15) is 31.0 Å². The molecular weight excluding hydrogens is 246 g/mol. The first kappa shape index (κ1) is 12.7. The van der Waals surface area contributed by atoms with Gasteiger partial charge in [0.1, 0.15) is 5.82 Å². The van der Waals surface area contributed by atoms with Crippen molar-refractivity contribution in [2.45, 2.75) is 26.2 Å². The van der Waals surface area contributed by atoms with Gasteiger partial charge in [-0.05, 0) is 11.5 Å². The van der Waals surface area contributed by atoms with Gasteiger partial charge in [-0.2, -0.15) is 5.26 Å². The van der Waals surface area contributed by atoms with E-state index in [1.54, 1.807) is 0 Å². The van der Waals surface area contributed by atoms with E-state index < -0.39 is 0 Å². The number of nitrogens with zero attached hydrogens (tertiary/aromatic N) is 2. The number of rotatable bonds is 3. The van der Waals surface area contributed by atoms with E-state index in [9.17, 15) is 0 Å². The quantitative estimate of drug-likeness (QED) is 0.908. The van der Waals surface area contributed by atoms with Crippen molar-refractivity contribution in [1.82, 2.24) is 9.97 Å². The summed E-state index contributed by atoms with van der Waals surface area (Å²) in [6, 6.07) is 10.3. The van der Waals surface area contributed by atoms with E-state index in [-0.39, 0.29) is 6.42 Å². The molecule has 2 rings (SSSR count). The largest absolute Gasteiger partial charge is 0.340 e. The summed E-state index contributed by atoms with van der Waals surface area (Å²) in [6.07, 6.45) is 0.246. The van der Waals surface area contributed by atoms with Crippen molar-refractivity contribution in [3.05, 3.63) is 40.7 Å². The Bertz CT molecular complexity index is 576. The van der Waals surface area contributed by atoms with Crippen LogP contribution in [0.15, 0.2) is 24.3 Å². The Kier molecular flexibility index (Phi) is 3.69. The minimum absolute atomic E-state index is 0.246. The summed E-state index contributed by atoms with van der Waals surface area (Å²) in [5.41, 5.74) is 2.93. The summed E-state index contributed by atoms with van der Waals surface area (Å²) in [5.74, 6) is 1.22. The Morgan fingerprint density at radius 3 is 2.56 bits per heavy atom. The van der Waals surface area contributed by atoms with Gasteiger partial charge in [0.25, 0.3) is 0 Å². The molecule has 0 spiro atoms. The highest BCUT2D eigenvalue weighted by molar-refractivity contribution is 6.30. The van der Waals surface area contributed by atoms with E-state index in [0.29, 0.717) is 22.6 Å². The first-order chi connectivity index (χ1) is 8.61. The first-order valence-corrected chi connectivity index (χ1v) is 6.21. The second kappa shape index (κ2) is 5.24. The van der Waals surface area contributed by atoms with E-state index in [1.165, 1.54) is 5.56 Å². The Balaban J connectivity index is 2.31. The van der Waals surface area contributed by atoms with Gasteiger partial charge in [0.15, 0.2) is 5.15 Å². The van der Waals surface area contributed by atoms with E-state index in [2.05, 4.69) is 42.0 Å². The Morgan fingerprint density at radius 1 is 1.33 bits per heavy atom. The molecule has 1 aromatic carbocycles. The smallest absolute Gasteiger partial charge is 0.151 e. The van der Waals surface area contributed by atoms with Crippen molar-refractivity contribution in [3.8, 4) is 17.5 Å². The van der Waals surface area contributed by atoms with Crippen LogP contribution in [0.3, 0.4) is 0 Å². The molecule has 0 aliphatic rings. The average molecular weight is 260 g/mol. The molecule has 2 aromatic rings. The Morgan fingerprint density at radius 2 is 2.00 bits per heavy atom. The van der Waals surface area contributed by atoms with E-state index in [4.69, 9.17) is 16.9 Å². The molecular formula is C14H14ClN3. The van der Waals surface area contributed by atoms with Crippen molar-refractivity contribution in [3.63, 3.8) is 0 Å². The van der Waals surface area contributed by atoms with Gasteiger partial charge in [0.2, 0.25) is 0 Å². The number of hydrogen-bond donors (Lipinski definition) is 1. The van der Waals surface area contributed by atoms with Gasteiger partial charge in [-0.1, -0.05) is 49.7 Å². The third-order valence-electron chi connectivity index (χ3n) is 2.83. The Hall–Kier alpha value is -1.79. The van der Waals surface area contributed by atoms with E-state index >= 15 is 0 Å². The van der Waals surface area contributed by atoms with Gasteiger partial charge >= 0.3 is 0 Å². The number of H-pyrrole nitrogens is 1. The van der Waals surface area contributed by atoms with Crippen molar-refractivity contribution < 1.29 is 0 Å². The van der Waals surface area contributed by atoms with Crippen molar-refractivity contribution in [2.24, 2.45) is 0 Å². The van der Waals surface area contributed by atoms with Crippen LogP contribution < -0.4 is 0 Å². The number of imidazole rings is 1. The van der Waals surface area contributed by atoms with Crippen LogP contribution in [0, 0.1) is 11.3 Å². The number of aromatic amines is 1. The summed E-state index contributed by atoms with van der Waals surface area (Å²) in [6.45, 7) is 4.31. The standard InChI is InChI=1S/C14H14ClN3/c1-9(2)10-3-5-11(6-4-10)14-17-12(7-8-16)13(15)18-14/h3-6,9H,7H2,1-2H3,(H,17,18). The van der Waals surface area contributed by atoms with Crippen LogP contribution in [0.2, 0.25) is 5.15 Å². The molecule has 0 atom stereocenters. The van der Waals surface area contributed by atoms with E-state index in [1.807, 2.05) is 12.1 Å². The molecule has 1 heterocycles. The first-order valence-electron chi connectivity index (χ1n) is 5.83. The second-order valence-electron chi connectivity index (χ2n) is 4.47. The van der Waals surface area contributed by atoms with Gasteiger partial charge in [-0.15, -0.1) is 0 Å². The monoisotopic (exact) mass is 259 g/mol. The van der Waals surface area contributed by atoms with Crippen LogP contribution >= 0.6 is 11.6 Å². The zero-order valence-electron chi connectivity index (χ0n) is 10.4. The highest BCUT2D eigenvalue weighted by Gasteiger charge is 2.09. The average Bonchev–Trinajstić information content (AvgIpc) is 2.72. The molecule has 0 saturated heterocycles. The summed E-state index contributed by atoms with van der Waals surface area (Å²) in [7, 11) is 0. The van der Waals surface area contributed by atoms with Crippen molar-refractivity contribution in [1.29, 1.82) is 5.26 Å². The number of aromatic nitrogens is 2. The molecule has 0 unspecified atom stereocenters. The number of nitriles is 1. The molecule has 0 fully saturated rings. The van der Waals surface area contributed by atoms with Crippen LogP contribution in [-0.4, -0.2) is 9.97 Å². The fourth-order valence-electron chi connectivity index (χ4n) is 1.75. The van der Waals surface area contributed by atoms with Crippen molar-refractivity contribution in [2.75, 3.05) is 0 Å². The van der Waals surface area contributed by atoms with Gasteiger partial charge in [-0.25, -0.2) is 4.98 Å². The van der Waals surface area contributed by atoms with Gasteiger partial charge in [0.05, 0.1) is 18.2 Å². The fourth-order valence-corrected chi connectivity index (χ4v) is 1.95. The van der Waals surface area contributed by atoms with Crippen molar-refractivity contribution >= 4 is 11.6 Å². The number of nitrogens with one attached hydrogen (secondary N) is 1. The summed E-state index contributed by atoms with van der Waals surface area (Å²) < 4.78 is 0.